The van der Waals surface area contributed by atoms with Crippen LogP contribution in [0.25, 0.3) is 0 Å². The molecule has 0 saturated carbocycles. The van der Waals surface area contributed by atoms with E-state index >= 15 is 0 Å². The van der Waals surface area contributed by atoms with Crippen molar-refractivity contribution in [2.24, 2.45) is 5.92 Å². The molecule has 1 aromatic rings. The second-order valence-corrected chi connectivity index (χ2v) is 6.21. The van der Waals surface area contributed by atoms with Gasteiger partial charge in [-0.15, -0.1) is 0 Å². The van der Waals surface area contributed by atoms with E-state index < -0.39 is 0 Å². The first-order chi connectivity index (χ1) is 8.78. The van der Waals surface area contributed by atoms with Crippen molar-refractivity contribution in [1.82, 2.24) is 0 Å². The average Bonchev–Trinajstić information content (AvgIpc) is 2.50. The van der Waals surface area contributed by atoms with Gasteiger partial charge in [0.1, 0.15) is 0 Å². The molecular weight excluding hydrogens is 238 g/mol. The minimum atomic E-state index is -0.337. The molecule has 1 heterocycles. The van der Waals surface area contributed by atoms with Gasteiger partial charge in [0.15, 0.2) is 0 Å². The largest absolute Gasteiger partial charge is 0.396 e. The van der Waals surface area contributed by atoms with Crippen LogP contribution in [0.5, 0.6) is 0 Å². The lowest BCUT2D eigenvalue weighted by Gasteiger charge is -2.37. The molecule has 1 aromatic carbocycles. The summed E-state index contributed by atoms with van der Waals surface area (Å²) in [6, 6.07) is 4.22. The molecule has 0 aromatic heterocycles. The van der Waals surface area contributed by atoms with Gasteiger partial charge in [-0.3, -0.25) is 4.79 Å². The summed E-state index contributed by atoms with van der Waals surface area (Å²) in [7, 11) is 0. The molecule has 1 fully saturated rings. The summed E-state index contributed by atoms with van der Waals surface area (Å²) in [5.74, 6) is 0.110. The first-order valence-corrected chi connectivity index (χ1v) is 6.80. The number of hydrogen-bond acceptors (Lipinski definition) is 2. The summed E-state index contributed by atoms with van der Waals surface area (Å²) < 4.78 is 0. The van der Waals surface area contributed by atoms with Crippen LogP contribution in [0.3, 0.4) is 0 Å². The van der Waals surface area contributed by atoms with Crippen molar-refractivity contribution >= 4 is 11.6 Å². The van der Waals surface area contributed by atoms with Crippen molar-refractivity contribution in [3.05, 3.63) is 28.8 Å². The lowest BCUT2D eigenvalue weighted by Crippen LogP contribution is -2.46. The Bertz CT molecular complexity index is 496. The molecule has 1 aliphatic heterocycles. The van der Waals surface area contributed by atoms with E-state index in [1.165, 1.54) is 5.56 Å². The normalized spacial score (nSPS) is 22.1. The fourth-order valence-corrected chi connectivity index (χ4v) is 3.28. The topological polar surface area (TPSA) is 40.5 Å². The number of aliphatic hydroxyl groups is 1. The van der Waals surface area contributed by atoms with E-state index in [1.807, 2.05) is 32.6 Å². The molecule has 3 heteroatoms. The molecule has 2 rings (SSSR count). The van der Waals surface area contributed by atoms with Gasteiger partial charge in [-0.05, 0) is 45.7 Å². The number of rotatable bonds is 2. The third-order valence-corrected chi connectivity index (χ3v) is 4.33. The summed E-state index contributed by atoms with van der Waals surface area (Å²) in [5, 5.41) is 9.49. The highest BCUT2D eigenvalue weighted by Gasteiger charge is 2.47. The SMILES string of the molecule is Cc1cc(C)c(N2C(=O)CC(CO)C2(C)C)c(C)c1. The van der Waals surface area contributed by atoms with E-state index in [0.29, 0.717) is 6.42 Å². The lowest BCUT2D eigenvalue weighted by atomic mass is 9.88. The van der Waals surface area contributed by atoms with Crippen LogP contribution in [-0.2, 0) is 4.79 Å². The van der Waals surface area contributed by atoms with Gasteiger partial charge in [0, 0.05) is 24.5 Å². The predicted molar refractivity (Wildman–Crippen MR) is 77.4 cm³/mol. The summed E-state index contributed by atoms with van der Waals surface area (Å²) >= 11 is 0. The Hall–Kier alpha value is -1.35. The van der Waals surface area contributed by atoms with Gasteiger partial charge < -0.3 is 10.0 Å². The zero-order valence-electron chi connectivity index (χ0n) is 12.4. The van der Waals surface area contributed by atoms with Crippen molar-refractivity contribution in [2.45, 2.75) is 46.6 Å². The Morgan fingerprint density at radius 1 is 1.26 bits per heavy atom. The molecule has 0 bridgehead atoms. The molecule has 1 saturated heterocycles. The summed E-state index contributed by atoms with van der Waals surface area (Å²) in [6.07, 6.45) is 0.427. The van der Waals surface area contributed by atoms with E-state index in [2.05, 4.69) is 19.1 Å². The highest BCUT2D eigenvalue weighted by atomic mass is 16.3. The zero-order chi connectivity index (χ0) is 14.4. The third-order valence-electron chi connectivity index (χ3n) is 4.33. The number of carbonyl (C=O) groups is 1. The quantitative estimate of drug-likeness (QED) is 0.889. The van der Waals surface area contributed by atoms with E-state index in [-0.39, 0.29) is 24.0 Å². The molecule has 1 N–H and O–H groups in total. The molecule has 0 aliphatic carbocycles. The van der Waals surface area contributed by atoms with Gasteiger partial charge in [-0.25, -0.2) is 0 Å². The van der Waals surface area contributed by atoms with Gasteiger partial charge in [-0.2, -0.15) is 0 Å². The molecule has 3 nitrogen and oxygen atoms in total. The molecular formula is C16H23NO2. The Labute approximate surface area is 115 Å². The first-order valence-electron chi connectivity index (χ1n) is 6.80. The number of aliphatic hydroxyl groups excluding tert-OH is 1. The molecule has 0 radical (unpaired) electrons. The maximum Gasteiger partial charge on any atom is 0.227 e. The van der Waals surface area contributed by atoms with Crippen LogP contribution < -0.4 is 4.90 Å². The van der Waals surface area contributed by atoms with Gasteiger partial charge in [0.25, 0.3) is 0 Å². The molecule has 19 heavy (non-hydrogen) atoms. The van der Waals surface area contributed by atoms with E-state index in [1.54, 1.807) is 0 Å². The Balaban J connectivity index is 2.56. The molecule has 0 spiro atoms. The number of benzene rings is 1. The van der Waals surface area contributed by atoms with Gasteiger partial charge in [0.05, 0.1) is 5.69 Å². The van der Waals surface area contributed by atoms with Crippen LogP contribution in [0, 0.1) is 26.7 Å². The standard InChI is InChI=1S/C16H23NO2/c1-10-6-11(2)15(12(3)7-10)17-14(19)8-13(9-18)16(17,4)5/h6-7,13,18H,8-9H2,1-5H3. The third kappa shape index (κ3) is 2.16. The minimum Gasteiger partial charge on any atom is -0.396 e. The number of hydrogen-bond donors (Lipinski definition) is 1. The molecule has 104 valence electrons. The molecule has 1 atom stereocenters. The average molecular weight is 261 g/mol. The van der Waals surface area contributed by atoms with Crippen molar-refractivity contribution in [2.75, 3.05) is 11.5 Å². The molecule has 1 amide bonds. The highest BCUT2D eigenvalue weighted by molar-refractivity contribution is 5.99. The number of nitrogens with zero attached hydrogens (tertiary/aromatic N) is 1. The van der Waals surface area contributed by atoms with Crippen molar-refractivity contribution < 1.29 is 9.90 Å². The lowest BCUT2D eigenvalue weighted by molar-refractivity contribution is -0.117. The highest BCUT2D eigenvalue weighted by Crippen LogP contribution is 2.41. The number of anilines is 1. The number of aryl methyl sites for hydroxylation is 3. The molecule has 1 aliphatic rings. The fourth-order valence-electron chi connectivity index (χ4n) is 3.28. The fraction of sp³-hybridized carbons (Fsp3) is 0.562. The summed E-state index contributed by atoms with van der Waals surface area (Å²) in [6.45, 7) is 10.3. The van der Waals surface area contributed by atoms with Crippen LogP contribution in [0.4, 0.5) is 5.69 Å². The Morgan fingerprint density at radius 3 is 2.21 bits per heavy atom. The maximum atomic E-state index is 12.4. The smallest absolute Gasteiger partial charge is 0.227 e. The minimum absolute atomic E-state index is 0.0000954. The summed E-state index contributed by atoms with van der Waals surface area (Å²) in [4.78, 5) is 14.3. The van der Waals surface area contributed by atoms with E-state index in [0.717, 1.165) is 16.8 Å². The first kappa shape index (κ1) is 14.1. The van der Waals surface area contributed by atoms with Crippen molar-refractivity contribution in [1.29, 1.82) is 0 Å². The maximum absolute atomic E-state index is 12.4. The van der Waals surface area contributed by atoms with E-state index in [9.17, 15) is 9.90 Å². The van der Waals surface area contributed by atoms with Crippen molar-refractivity contribution in [3.8, 4) is 0 Å². The predicted octanol–water partition coefficient (Wildman–Crippen LogP) is 2.74. The van der Waals surface area contributed by atoms with Crippen LogP contribution >= 0.6 is 0 Å². The van der Waals surface area contributed by atoms with Crippen LogP contribution in [0.2, 0.25) is 0 Å². The monoisotopic (exact) mass is 261 g/mol. The second kappa shape index (κ2) is 4.64. The zero-order valence-corrected chi connectivity index (χ0v) is 12.4. The van der Waals surface area contributed by atoms with Gasteiger partial charge in [-0.1, -0.05) is 17.7 Å². The number of amides is 1. The summed E-state index contributed by atoms with van der Waals surface area (Å²) in [5.41, 5.74) is 4.13. The molecule has 1 unspecified atom stereocenters. The van der Waals surface area contributed by atoms with Crippen LogP contribution in [-0.4, -0.2) is 23.2 Å². The number of carbonyl (C=O) groups excluding carboxylic acids is 1. The van der Waals surface area contributed by atoms with Crippen LogP contribution in [0.15, 0.2) is 12.1 Å². The second-order valence-electron chi connectivity index (χ2n) is 6.21. The van der Waals surface area contributed by atoms with Gasteiger partial charge in [0.2, 0.25) is 5.91 Å². The Kier molecular flexibility index (Phi) is 3.43. The van der Waals surface area contributed by atoms with Gasteiger partial charge >= 0.3 is 0 Å². The Morgan fingerprint density at radius 2 is 1.79 bits per heavy atom. The van der Waals surface area contributed by atoms with E-state index in [4.69, 9.17) is 0 Å². The van der Waals surface area contributed by atoms with Crippen molar-refractivity contribution in [3.63, 3.8) is 0 Å². The van der Waals surface area contributed by atoms with Crippen LogP contribution in [0.1, 0.15) is 37.0 Å².